The van der Waals surface area contributed by atoms with Gasteiger partial charge in [-0.15, -0.1) is 0 Å². The zero-order chi connectivity index (χ0) is 24.4. The quantitative estimate of drug-likeness (QED) is 0.402. The molecule has 0 unspecified atom stereocenters. The molecule has 7 nitrogen and oxygen atoms in total. The number of likely N-dealkylation sites (tertiary alicyclic amines) is 1. The lowest BCUT2D eigenvalue weighted by Crippen LogP contribution is -2.35. The van der Waals surface area contributed by atoms with Crippen LogP contribution in [0.15, 0.2) is 72.0 Å². The Bertz CT molecular complexity index is 1410. The Morgan fingerprint density at radius 1 is 1.03 bits per heavy atom. The van der Waals surface area contributed by atoms with Crippen LogP contribution in [0, 0.1) is 0 Å². The fourth-order valence-electron chi connectivity index (χ4n) is 4.53. The van der Waals surface area contributed by atoms with Crippen molar-refractivity contribution in [2.75, 3.05) is 18.4 Å². The summed E-state index contributed by atoms with van der Waals surface area (Å²) < 4.78 is 1.97. The Balaban J connectivity index is 1.43. The monoisotopic (exact) mass is 507 g/mol. The van der Waals surface area contributed by atoms with Crippen LogP contribution in [0.5, 0.6) is 0 Å². The Labute approximate surface area is 212 Å². The highest BCUT2D eigenvalue weighted by atomic mass is 35.5. The second kappa shape index (κ2) is 10.2. The van der Waals surface area contributed by atoms with Crippen LogP contribution in [0.2, 0.25) is 10.0 Å². The number of benzene rings is 1. The summed E-state index contributed by atoms with van der Waals surface area (Å²) in [5.74, 6) is -0.578. The topological polar surface area (TPSA) is 80.1 Å². The van der Waals surface area contributed by atoms with Gasteiger partial charge in [-0.05, 0) is 30.5 Å². The van der Waals surface area contributed by atoms with Crippen molar-refractivity contribution in [2.24, 2.45) is 0 Å². The number of anilines is 1. The first-order valence-corrected chi connectivity index (χ1v) is 12.1. The summed E-state index contributed by atoms with van der Waals surface area (Å²) in [6.45, 7) is 2.71. The molecule has 1 amide bonds. The van der Waals surface area contributed by atoms with E-state index in [9.17, 15) is 9.59 Å². The molecule has 1 N–H and O–H groups in total. The third-order valence-electron chi connectivity index (χ3n) is 6.32. The first-order chi connectivity index (χ1) is 17.0. The molecule has 3 aromatic heterocycles. The van der Waals surface area contributed by atoms with E-state index in [1.54, 1.807) is 24.5 Å². The molecule has 5 rings (SSSR count). The smallest absolute Gasteiger partial charge is 0.261 e. The molecule has 35 heavy (non-hydrogen) atoms. The van der Waals surface area contributed by atoms with Crippen LogP contribution in [0.4, 0.5) is 5.69 Å². The third-order valence-corrected chi connectivity index (χ3v) is 6.90. The SMILES string of the molecule is O=C(Nc1c(Cl)cncc1Cl)c1cn(C2CCN(Cc3ccccc3)CC2)c2ncccc2c1=O. The summed E-state index contributed by atoms with van der Waals surface area (Å²) in [5.41, 5.74) is 1.72. The van der Waals surface area contributed by atoms with Crippen LogP contribution in [-0.2, 0) is 6.54 Å². The van der Waals surface area contributed by atoms with E-state index in [2.05, 4.69) is 44.5 Å². The number of carbonyl (C=O) groups excluding carboxylic acids is 1. The lowest BCUT2D eigenvalue weighted by atomic mass is 10.0. The summed E-state index contributed by atoms with van der Waals surface area (Å²) in [6, 6.07) is 13.9. The van der Waals surface area contributed by atoms with Gasteiger partial charge in [-0.25, -0.2) is 4.98 Å². The van der Waals surface area contributed by atoms with Crippen molar-refractivity contribution in [1.82, 2.24) is 19.4 Å². The minimum Gasteiger partial charge on any atom is -0.328 e. The van der Waals surface area contributed by atoms with Crippen molar-refractivity contribution < 1.29 is 4.79 Å². The maximum atomic E-state index is 13.2. The molecule has 0 spiro atoms. The van der Waals surface area contributed by atoms with Crippen molar-refractivity contribution in [3.63, 3.8) is 0 Å². The van der Waals surface area contributed by atoms with E-state index >= 15 is 0 Å². The van der Waals surface area contributed by atoms with Crippen molar-refractivity contribution in [2.45, 2.75) is 25.4 Å². The standard InChI is InChI=1S/C26H23Cl2N5O2/c27-21-13-29-14-22(28)23(21)31-26(35)20-16-33(25-19(24(20)34)7-4-10-30-25)18-8-11-32(12-9-18)15-17-5-2-1-3-6-17/h1-7,10,13-14,16,18H,8-9,11-12,15H2,(H,29,31,35). The van der Waals surface area contributed by atoms with Crippen LogP contribution in [0.25, 0.3) is 11.0 Å². The molecule has 1 aromatic carbocycles. The second-order valence-electron chi connectivity index (χ2n) is 8.58. The normalized spacial score (nSPS) is 14.8. The van der Waals surface area contributed by atoms with Crippen LogP contribution >= 0.6 is 23.2 Å². The van der Waals surface area contributed by atoms with Gasteiger partial charge in [0.1, 0.15) is 11.2 Å². The van der Waals surface area contributed by atoms with Crippen LogP contribution in [0.3, 0.4) is 0 Å². The highest BCUT2D eigenvalue weighted by Crippen LogP contribution is 2.30. The fourth-order valence-corrected chi connectivity index (χ4v) is 4.99. The van der Waals surface area contributed by atoms with Gasteiger partial charge >= 0.3 is 0 Å². The van der Waals surface area contributed by atoms with Gasteiger partial charge in [-0.1, -0.05) is 53.5 Å². The molecule has 0 radical (unpaired) electrons. The molecule has 178 valence electrons. The van der Waals surface area contributed by atoms with Gasteiger partial charge in [0.05, 0.1) is 21.1 Å². The largest absolute Gasteiger partial charge is 0.328 e. The average molecular weight is 508 g/mol. The van der Waals surface area contributed by atoms with E-state index in [0.717, 1.165) is 32.5 Å². The molecular formula is C26H23Cl2N5O2. The van der Waals surface area contributed by atoms with Gasteiger partial charge in [0.2, 0.25) is 5.43 Å². The minimum atomic E-state index is -0.578. The molecule has 1 fully saturated rings. The van der Waals surface area contributed by atoms with Crippen molar-refractivity contribution >= 4 is 45.8 Å². The molecule has 4 aromatic rings. The van der Waals surface area contributed by atoms with Gasteiger partial charge in [-0.3, -0.25) is 19.5 Å². The number of halogens is 2. The number of carbonyl (C=O) groups is 1. The first-order valence-electron chi connectivity index (χ1n) is 11.4. The molecule has 0 atom stereocenters. The van der Waals surface area contributed by atoms with Gasteiger partial charge in [0, 0.05) is 50.5 Å². The minimum absolute atomic E-state index is 0.0150. The molecule has 0 bridgehead atoms. The highest BCUT2D eigenvalue weighted by molar-refractivity contribution is 6.39. The summed E-state index contributed by atoms with van der Waals surface area (Å²) in [7, 11) is 0. The molecule has 1 aliphatic rings. The number of pyridine rings is 3. The van der Waals surface area contributed by atoms with Gasteiger partial charge in [0.15, 0.2) is 0 Å². The summed E-state index contributed by atoms with van der Waals surface area (Å²) in [6.07, 6.45) is 7.81. The lowest BCUT2D eigenvalue weighted by molar-refractivity contribution is 0.102. The molecule has 9 heteroatoms. The number of aromatic nitrogens is 3. The highest BCUT2D eigenvalue weighted by Gasteiger charge is 2.25. The number of piperidine rings is 1. The zero-order valence-corrected chi connectivity index (χ0v) is 20.3. The van der Waals surface area contributed by atoms with Gasteiger partial charge < -0.3 is 9.88 Å². The van der Waals surface area contributed by atoms with E-state index in [0.29, 0.717) is 11.0 Å². The van der Waals surface area contributed by atoms with E-state index in [-0.39, 0.29) is 32.8 Å². The van der Waals surface area contributed by atoms with E-state index in [1.807, 2.05) is 10.6 Å². The fraction of sp³-hybridized carbons (Fsp3) is 0.231. The summed E-state index contributed by atoms with van der Waals surface area (Å²) in [5, 5.41) is 3.47. The predicted molar refractivity (Wildman–Crippen MR) is 138 cm³/mol. The van der Waals surface area contributed by atoms with E-state index in [1.165, 1.54) is 18.0 Å². The zero-order valence-electron chi connectivity index (χ0n) is 18.8. The number of fused-ring (bicyclic) bond motifs is 1. The first kappa shape index (κ1) is 23.5. The summed E-state index contributed by atoms with van der Waals surface area (Å²) in [4.78, 5) is 37.2. The van der Waals surface area contributed by atoms with Crippen LogP contribution in [0.1, 0.15) is 34.8 Å². The number of hydrogen-bond acceptors (Lipinski definition) is 5. The molecule has 4 heterocycles. The van der Waals surface area contributed by atoms with Crippen molar-refractivity contribution in [1.29, 1.82) is 0 Å². The molecule has 1 aliphatic heterocycles. The maximum Gasteiger partial charge on any atom is 0.261 e. The number of amides is 1. The Morgan fingerprint density at radius 2 is 1.74 bits per heavy atom. The molecule has 0 aliphatic carbocycles. The van der Waals surface area contributed by atoms with Crippen LogP contribution in [-0.4, -0.2) is 38.4 Å². The van der Waals surface area contributed by atoms with Crippen LogP contribution < -0.4 is 10.7 Å². The van der Waals surface area contributed by atoms with E-state index < -0.39 is 5.91 Å². The number of nitrogens with one attached hydrogen (secondary N) is 1. The summed E-state index contributed by atoms with van der Waals surface area (Å²) >= 11 is 12.3. The Morgan fingerprint density at radius 3 is 2.46 bits per heavy atom. The van der Waals surface area contributed by atoms with E-state index in [4.69, 9.17) is 23.2 Å². The molecule has 1 saturated heterocycles. The second-order valence-corrected chi connectivity index (χ2v) is 9.39. The van der Waals surface area contributed by atoms with Crippen molar-refractivity contribution in [3.8, 4) is 0 Å². The molecule has 0 saturated carbocycles. The number of hydrogen-bond donors (Lipinski definition) is 1. The number of rotatable bonds is 5. The van der Waals surface area contributed by atoms with Crippen molar-refractivity contribution in [3.05, 3.63) is 98.6 Å². The Hall–Kier alpha value is -3.26. The number of nitrogens with zero attached hydrogens (tertiary/aromatic N) is 4. The molecular weight excluding hydrogens is 485 g/mol. The lowest BCUT2D eigenvalue weighted by Gasteiger charge is -2.33. The van der Waals surface area contributed by atoms with Gasteiger partial charge in [-0.2, -0.15) is 0 Å². The average Bonchev–Trinajstić information content (AvgIpc) is 2.88. The predicted octanol–water partition coefficient (Wildman–Crippen LogP) is 5.19. The maximum absolute atomic E-state index is 13.2. The van der Waals surface area contributed by atoms with Gasteiger partial charge in [0.25, 0.3) is 5.91 Å². The third kappa shape index (κ3) is 4.93. The Kier molecular flexibility index (Phi) is 6.81.